The first-order valence-electron chi connectivity index (χ1n) is 7.98. The maximum Gasteiger partial charge on any atom is 0.246 e. The fraction of sp³-hybridized carbons (Fsp3) is 0.625. The first-order chi connectivity index (χ1) is 11.2. The van der Waals surface area contributed by atoms with E-state index in [0.717, 1.165) is 11.4 Å². The zero-order valence-corrected chi connectivity index (χ0v) is 14.9. The summed E-state index contributed by atoms with van der Waals surface area (Å²) in [7, 11) is 3.30. The van der Waals surface area contributed by atoms with E-state index in [1.54, 1.807) is 28.6 Å². The second-order valence-electron chi connectivity index (χ2n) is 6.39. The Kier molecular flexibility index (Phi) is 5.26. The summed E-state index contributed by atoms with van der Waals surface area (Å²) in [6, 6.07) is 1.26. The van der Waals surface area contributed by atoms with E-state index < -0.39 is 6.04 Å². The zero-order chi connectivity index (χ0) is 18.0. The summed E-state index contributed by atoms with van der Waals surface area (Å²) < 4.78 is 1.65. The quantitative estimate of drug-likeness (QED) is 0.756. The predicted octanol–water partition coefficient (Wildman–Crippen LogP) is -0.353. The minimum Gasteiger partial charge on any atom is -0.347 e. The fourth-order valence-electron chi connectivity index (χ4n) is 2.93. The summed E-state index contributed by atoms with van der Waals surface area (Å²) in [6.07, 6.45) is 0. The number of rotatable bonds is 3. The van der Waals surface area contributed by atoms with Crippen LogP contribution in [-0.2, 0) is 20.9 Å². The Morgan fingerprint density at radius 2 is 1.92 bits per heavy atom. The molecule has 1 aromatic heterocycles. The molecular formula is C16H25N5O3. The number of carbonyl (C=O) groups excluding carboxylic acids is 3. The number of piperazine rings is 1. The van der Waals surface area contributed by atoms with Crippen LogP contribution >= 0.6 is 0 Å². The molecular weight excluding hydrogens is 310 g/mol. The van der Waals surface area contributed by atoms with Gasteiger partial charge < -0.3 is 14.7 Å². The minimum absolute atomic E-state index is 0.0859. The van der Waals surface area contributed by atoms with Gasteiger partial charge in [0.2, 0.25) is 17.7 Å². The van der Waals surface area contributed by atoms with Gasteiger partial charge in [0, 0.05) is 39.8 Å². The van der Waals surface area contributed by atoms with Gasteiger partial charge in [0.15, 0.2) is 0 Å². The van der Waals surface area contributed by atoms with Crippen molar-refractivity contribution < 1.29 is 14.4 Å². The van der Waals surface area contributed by atoms with Crippen LogP contribution in [-0.4, -0.2) is 82.0 Å². The van der Waals surface area contributed by atoms with Crippen LogP contribution in [0.4, 0.5) is 0 Å². The second kappa shape index (κ2) is 7.02. The average Bonchev–Trinajstić information content (AvgIpc) is 2.83. The molecule has 1 unspecified atom stereocenters. The van der Waals surface area contributed by atoms with E-state index in [1.165, 1.54) is 11.8 Å². The number of likely N-dealkylation sites (N-methyl/N-ethyl adjacent to an activating group) is 1. The van der Waals surface area contributed by atoms with Crippen molar-refractivity contribution in [2.45, 2.75) is 33.4 Å². The lowest BCUT2D eigenvalue weighted by Crippen LogP contribution is -2.61. The number of hydrogen-bond acceptors (Lipinski definition) is 4. The molecule has 8 heteroatoms. The standard InChI is InChI=1S/C16H25N5O3/c1-11-8-12(2)21(17-11)10-15(23)20-7-6-19(13(3)22)9-14(20)16(24)18(4)5/h8,14H,6-7,9-10H2,1-5H3. The maximum absolute atomic E-state index is 12.7. The Morgan fingerprint density at radius 1 is 1.25 bits per heavy atom. The van der Waals surface area contributed by atoms with E-state index in [-0.39, 0.29) is 30.8 Å². The van der Waals surface area contributed by atoms with Crippen molar-refractivity contribution in [1.82, 2.24) is 24.5 Å². The van der Waals surface area contributed by atoms with Gasteiger partial charge in [0.05, 0.1) is 12.2 Å². The normalized spacial score (nSPS) is 17.8. The Morgan fingerprint density at radius 3 is 2.42 bits per heavy atom. The van der Waals surface area contributed by atoms with Gasteiger partial charge in [-0.1, -0.05) is 0 Å². The van der Waals surface area contributed by atoms with Gasteiger partial charge in [-0.25, -0.2) is 0 Å². The molecule has 1 aliphatic heterocycles. The summed E-state index contributed by atoms with van der Waals surface area (Å²) in [5, 5.41) is 4.30. The number of carbonyl (C=O) groups is 3. The van der Waals surface area contributed by atoms with Gasteiger partial charge in [-0.2, -0.15) is 5.10 Å². The molecule has 0 spiro atoms. The molecule has 2 rings (SSSR count). The molecule has 2 heterocycles. The lowest BCUT2D eigenvalue weighted by Gasteiger charge is -2.41. The molecule has 0 aliphatic carbocycles. The van der Waals surface area contributed by atoms with Gasteiger partial charge >= 0.3 is 0 Å². The van der Waals surface area contributed by atoms with Crippen LogP contribution < -0.4 is 0 Å². The van der Waals surface area contributed by atoms with Crippen LogP contribution in [0.2, 0.25) is 0 Å². The van der Waals surface area contributed by atoms with Gasteiger partial charge in [-0.05, 0) is 19.9 Å². The Labute approximate surface area is 142 Å². The number of aryl methyl sites for hydroxylation is 2. The molecule has 0 saturated carbocycles. The monoisotopic (exact) mass is 335 g/mol. The summed E-state index contributed by atoms with van der Waals surface area (Å²) >= 11 is 0. The van der Waals surface area contributed by atoms with Crippen LogP contribution in [0.25, 0.3) is 0 Å². The number of hydrogen-bond donors (Lipinski definition) is 0. The third kappa shape index (κ3) is 3.74. The molecule has 1 fully saturated rings. The van der Waals surface area contributed by atoms with Crippen LogP contribution in [0.3, 0.4) is 0 Å². The van der Waals surface area contributed by atoms with Crippen LogP contribution in [0.1, 0.15) is 18.3 Å². The summed E-state index contributed by atoms with van der Waals surface area (Å²) in [6.45, 7) is 6.36. The van der Waals surface area contributed by atoms with E-state index in [4.69, 9.17) is 0 Å². The Bertz CT molecular complexity index is 652. The molecule has 0 N–H and O–H groups in total. The lowest BCUT2D eigenvalue weighted by atomic mass is 10.1. The van der Waals surface area contributed by atoms with E-state index >= 15 is 0 Å². The van der Waals surface area contributed by atoms with E-state index in [1.807, 2.05) is 19.9 Å². The maximum atomic E-state index is 12.7. The van der Waals surface area contributed by atoms with Crippen molar-refractivity contribution in [2.24, 2.45) is 0 Å². The molecule has 1 atom stereocenters. The molecule has 3 amide bonds. The van der Waals surface area contributed by atoms with Crippen molar-refractivity contribution in [3.05, 3.63) is 17.5 Å². The molecule has 1 aliphatic rings. The number of aromatic nitrogens is 2. The highest BCUT2D eigenvalue weighted by Gasteiger charge is 2.37. The molecule has 0 radical (unpaired) electrons. The SMILES string of the molecule is CC(=O)N1CCN(C(=O)Cn2nc(C)cc2C)C(C(=O)N(C)C)C1. The van der Waals surface area contributed by atoms with Crippen LogP contribution in [0.5, 0.6) is 0 Å². The highest BCUT2D eigenvalue weighted by atomic mass is 16.2. The summed E-state index contributed by atoms with van der Waals surface area (Å²) in [4.78, 5) is 41.5. The van der Waals surface area contributed by atoms with Crippen molar-refractivity contribution in [3.63, 3.8) is 0 Å². The van der Waals surface area contributed by atoms with Gasteiger partial charge in [-0.3, -0.25) is 19.1 Å². The first kappa shape index (κ1) is 18.0. The minimum atomic E-state index is -0.651. The fourth-order valence-corrected chi connectivity index (χ4v) is 2.93. The largest absolute Gasteiger partial charge is 0.347 e. The van der Waals surface area contributed by atoms with E-state index in [2.05, 4.69) is 5.10 Å². The molecule has 8 nitrogen and oxygen atoms in total. The first-order valence-corrected chi connectivity index (χ1v) is 7.98. The second-order valence-corrected chi connectivity index (χ2v) is 6.39. The smallest absolute Gasteiger partial charge is 0.246 e. The topological polar surface area (TPSA) is 78.8 Å². The highest BCUT2D eigenvalue weighted by molar-refractivity contribution is 5.88. The molecule has 0 aromatic carbocycles. The summed E-state index contributed by atoms with van der Waals surface area (Å²) in [5.41, 5.74) is 1.75. The van der Waals surface area contributed by atoms with Gasteiger partial charge in [0.1, 0.15) is 12.6 Å². The number of amides is 3. The zero-order valence-electron chi connectivity index (χ0n) is 14.9. The van der Waals surface area contributed by atoms with Crippen molar-refractivity contribution in [3.8, 4) is 0 Å². The molecule has 132 valence electrons. The molecule has 1 saturated heterocycles. The Balaban J connectivity index is 2.18. The molecule has 24 heavy (non-hydrogen) atoms. The van der Waals surface area contributed by atoms with Crippen molar-refractivity contribution >= 4 is 17.7 Å². The molecule has 1 aromatic rings. The van der Waals surface area contributed by atoms with Crippen molar-refractivity contribution in [2.75, 3.05) is 33.7 Å². The van der Waals surface area contributed by atoms with Crippen LogP contribution in [0, 0.1) is 13.8 Å². The third-order valence-corrected chi connectivity index (χ3v) is 4.26. The summed E-state index contributed by atoms with van der Waals surface area (Å²) in [5.74, 6) is -0.426. The highest BCUT2D eigenvalue weighted by Crippen LogP contribution is 2.14. The van der Waals surface area contributed by atoms with Crippen LogP contribution in [0.15, 0.2) is 6.07 Å². The van der Waals surface area contributed by atoms with E-state index in [9.17, 15) is 14.4 Å². The van der Waals surface area contributed by atoms with Gasteiger partial charge in [0.25, 0.3) is 0 Å². The van der Waals surface area contributed by atoms with Gasteiger partial charge in [-0.15, -0.1) is 0 Å². The Hall–Kier alpha value is -2.38. The van der Waals surface area contributed by atoms with Crippen molar-refractivity contribution in [1.29, 1.82) is 0 Å². The van der Waals surface area contributed by atoms with E-state index in [0.29, 0.717) is 13.1 Å². The number of nitrogens with zero attached hydrogens (tertiary/aromatic N) is 5. The predicted molar refractivity (Wildman–Crippen MR) is 88.2 cm³/mol. The third-order valence-electron chi connectivity index (χ3n) is 4.26. The lowest BCUT2D eigenvalue weighted by molar-refractivity contribution is -0.151. The average molecular weight is 335 g/mol. The molecule has 0 bridgehead atoms.